The fraction of sp³-hybridized carbons (Fsp3) is 0.615. The molecule has 1 aliphatic rings. The Morgan fingerprint density at radius 1 is 1.11 bits per heavy atom. The van der Waals surface area contributed by atoms with Gasteiger partial charge in [-0.25, -0.2) is 4.98 Å². The maximum Gasteiger partial charge on any atom is 0.129 e. The molecule has 106 valence electrons. The molecule has 0 amide bonds. The Labute approximate surface area is 123 Å². The number of halogens is 2. The summed E-state index contributed by atoms with van der Waals surface area (Å²) in [4.78, 5) is 8.91. The van der Waals surface area contributed by atoms with Gasteiger partial charge in [0.25, 0.3) is 0 Å². The van der Waals surface area contributed by atoms with Crippen molar-refractivity contribution in [1.29, 1.82) is 0 Å². The molecule has 0 unspecified atom stereocenters. The first-order valence-electron chi connectivity index (χ1n) is 6.55. The minimum atomic E-state index is 0.224. The predicted molar refractivity (Wildman–Crippen MR) is 77.7 cm³/mol. The Morgan fingerprint density at radius 3 is 2.63 bits per heavy atom. The predicted octanol–water partition coefficient (Wildman–Crippen LogP) is 1.89. The third-order valence-corrected chi connectivity index (χ3v) is 3.91. The molecule has 0 radical (unpaired) electrons. The minimum absolute atomic E-state index is 0.224. The Morgan fingerprint density at radius 2 is 1.84 bits per heavy atom. The number of aliphatic hydroxyl groups excluding tert-OH is 1. The number of aliphatic hydroxyl groups is 1. The van der Waals surface area contributed by atoms with E-state index in [1.807, 2.05) is 0 Å². The topological polar surface area (TPSA) is 39.6 Å². The van der Waals surface area contributed by atoms with Crippen molar-refractivity contribution >= 4 is 23.2 Å². The van der Waals surface area contributed by atoms with Gasteiger partial charge in [0, 0.05) is 26.2 Å². The molecule has 0 aromatic carbocycles. The highest BCUT2D eigenvalue weighted by Gasteiger charge is 2.16. The Kier molecular flexibility index (Phi) is 5.85. The van der Waals surface area contributed by atoms with Gasteiger partial charge in [-0.15, -0.1) is 0 Å². The zero-order chi connectivity index (χ0) is 13.7. The lowest BCUT2D eigenvalue weighted by molar-refractivity contribution is 0.195. The van der Waals surface area contributed by atoms with Gasteiger partial charge in [-0.3, -0.25) is 9.80 Å². The fourth-order valence-electron chi connectivity index (χ4n) is 2.33. The second kappa shape index (κ2) is 7.41. The zero-order valence-electron chi connectivity index (χ0n) is 10.9. The summed E-state index contributed by atoms with van der Waals surface area (Å²) >= 11 is 12.1. The Bertz CT molecular complexity index is 417. The smallest absolute Gasteiger partial charge is 0.129 e. The lowest BCUT2D eigenvalue weighted by Gasteiger charge is -2.21. The van der Waals surface area contributed by atoms with Gasteiger partial charge in [-0.1, -0.05) is 23.2 Å². The highest BCUT2D eigenvalue weighted by atomic mass is 35.5. The van der Waals surface area contributed by atoms with Crippen molar-refractivity contribution in [1.82, 2.24) is 14.8 Å². The number of hydrogen-bond acceptors (Lipinski definition) is 4. The van der Waals surface area contributed by atoms with Crippen molar-refractivity contribution < 1.29 is 5.11 Å². The third-order valence-electron chi connectivity index (χ3n) is 3.36. The summed E-state index contributed by atoms with van der Waals surface area (Å²) in [5.74, 6) is 0. The number of pyridine rings is 1. The van der Waals surface area contributed by atoms with Crippen LogP contribution in [0.3, 0.4) is 0 Å². The van der Waals surface area contributed by atoms with Crippen LogP contribution in [0.1, 0.15) is 12.1 Å². The molecule has 0 aliphatic carbocycles. The molecule has 2 heterocycles. The Hall–Kier alpha value is -0.390. The maximum atomic E-state index is 8.98. The van der Waals surface area contributed by atoms with Gasteiger partial charge in [0.1, 0.15) is 5.15 Å². The van der Waals surface area contributed by atoms with E-state index in [1.165, 1.54) is 0 Å². The van der Waals surface area contributed by atoms with Crippen LogP contribution in [0.5, 0.6) is 0 Å². The number of aromatic nitrogens is 1. The summed E-state index contributed by atoms with van der Waals surface area (Å²) in [6, 6.07) is 3.50. The first kappa shape index (κ1) is 15.0. The fourth-order valence-corrected chi connectivity index (χ4v) is 2.66. The average Bonchev–Trinajstić information content (AvgIpc) is 2.60. The van der Waals surface area contributed by atoms with Crippen LogP contribution in [0.25, 0.3) is 0 Å². The van der Waals surface area contributed by atoms with Crippen LogP contribution in [0.4, 0.5) is 0 Å². The number of nitrogens with zero attached hydrogens (tertiary/aromatic N) is 3. The van der Waals surface area contributed by atoms with Gasteiger partial charge >= 0.3 is 0 Å². The molecule has 1 aromatic heterocycles. The van der Waals surface area contributed by atoms with Gasteiger partial charge in [0.15, 0.2) is 0 Å². The normalized spacial score (nSPS) is 18.5. The molecule has 4 nitrogen and oxygen atoms in total. The van der Waals surface area contributed by atoms with Crippen molar-refractivity contribution in [3.8, 4) is 0 Å². The van der Waals surface area contributed by atoms with Crippen LogP contribution < -0.4 is 0 Å². The lowest BCUT2D eigenvalue weighted by atomic mass is 10.3. The SMILES string of the molecule is OCCN1CCCN(Cc2nc(Cl)ccc2Cl)CC1. The van der Waals surface area contributed by atoms with E-state index in [2.05, 4.69) is 14.8 Å². The Balaban J connectivity index is 1.94. The third kappa shape index (κ3) is 4.58. The largest absolute Gasteiger partial charge is 0.395 e. The number of hydrogen-bond donors (Lipinski definition) is 1. The van der Waals surface area contributed by atoms with Gasteiger partial charge in [0.2, 0.25) is 0 Å². The van der Waals surface area contributed by atoms with Crippen LogP contribution in [0.2, 0.25) is 10.2 Å². The maximum absolute atomic E-state index is 8.98. The van der Waals surface area contributed by atoms with Crippen LogP contribution in [0, 0.1) is 0 Å². The molecule has 0 atom stereocenters. The number of β-amino-alcohol motifs (C(OH)–C–C–N with tert-alkyl or cyclic N) is 1. The first-order chi connectivity index (χ1) is 9.19. The van der Waals surface area contributed by atoms with Crippen LogP contribution in [-0.2, 0) is 6.54 Å². The van der Waals surface area contributed by atoms with Crippen LogP contribution in [0.15, 0.2) is 12.1 Å². The molecule has 0 saturated carbocycles. The monoisotopic (exact) mass is 303 g/mol. The van der Waals surface area contributed by atoms with Gasteiger partial charge in [0.05, 0.1) is 17.3 Å². The standard InChI is InChI=1S/C13H19Cl2N3O/c14-11-2-3-13(15)16-12(11)10-18-5-1-4-17(6-7-18)8-9-19/h2-3,19H,1,4-10H2. The summed E-state index contributed by atoms with van der Waals surface area (Å²) in [7, 11) is 0. The molecule has 1 saturated heterocycles. The van der Waals surface area contributed by atoms with E-state index in [4.69, 9.17) is 28.3 Å². The second-order valence-electron chi connectivity index (χ2n) is 4.76. The van der Waals surface area contributed by atoms with E-state index >= 15 is 0 Å². The van der Waals surface area contributed by atoms with Gasteiger partial charge in [-0.05, 0) is 31.6 Å². The van der Waals surface area contributed by atoms with E-state index in [9.17, 15) is 0 Å². The van der Waals surface area contributed by atoms with E-state index in [-0.39, 0.29) is 6.61 Å². The molecule has 19 heavy (non-hydrogen) atoms. The zero-order valence-corrected chi connectivity index (χ0v) is 12.4. The van der Waals surface area contributed by atoms with Crippen molar-refractivity contribution in [2.45, 2.75) is 13.0 Å². The molecule has 6 heteroatoms. The summed E-state index contributed by atoms with van der Waals surface area (Å²) in [6.07, 6.45) is 1.10. The molecule has 2 rings (SSSR count). The van der Waals surface area contributed by atoms with E-state index in [0.717, 1.165) is 51.4 Å². The molecule has 1 N–H and O–H groups in total. The quantitative estimate of drug-likeness (QED) is 0.862. The number of rotatable bonds is 4. The van der Waals surface area contributed by atoms with Crippen molar-refractivity contribution in [3.63, 3.8) is 0 Å². The average molecular weight is 304 g/mol. The summed E-state index contributed by atoms with van der Waals surface area (Å²) in [6.45, 7) is 5.70. The van der Waals surface area contributed by atoms with Crippen molar-refractivity contribution in [3.05, 3.63) is 28.0 Å². The van der Waals surface area contributed by atoms with E-state index in [1.54, 1.807) is 12.1 Å². The minimum Gasteiger partial charge on any atom is -0.395 e. The summed E-state index contributed by atoms with van der Waals surface area (Å²) < 4.78 is 0. The molecule has 1 aromatic rings. The first-order valence-corrected chi connectivity index (χ1v) is 7.31. The molecular weight excluding hydrogens is 285 g/mol. The molecule has 1 aliphatic heterocycles. The lowest BCUT2D eigenvalue weighted by Crippen LogP contribution is -2.32. The van der Waals surface area contributed by atoms with E-state index < -0.39 is 0 Å². The van der Waals surface area contributed by atoms with Gasteiger partial charge in [-0.2, -0.15) is 0 Å². The second-order valence-corrected chi connectivity index (χ2v) is 5.55. The van der Waals surface area contributed by atoms with Crippen LogP contribution in [-0.4, -0.2) is 59.2 Å². The summed E-state index contributed by atoms with van der Waals surface area (Å²) in [5.41, 5.74) is 0.838. The highest BCUT2D eigenvalue weighted by Crippen LogP contribution is 2.19. The molecule has 0 spiro atoms. The van der Waals surface area contributed by atoms with Gasteiger partial charge < -0.3 is 5.11 Å². The summed E-state index contributed by atoms with van der Waals surface area (Å²) in [5, 5.41) is 10.1. The molecule has 0 bridgehead atoms. The molecule has 1 fully saturated rings. The van der Waals surface area contributed by atoms with Crippen LogP contribution >= 0.6 is 23.2 Å². The van der Waals surface area contributed by atoms with E-state index in [0.29, 0.717) is 10.2 Å². The van der Waals surface area contributed by atoms with Crippen molar-refractivity contribution in [2.24, 2.45) is 0 Å². The molecular formula is C13H19Cl2N3O. The highest BCUT2D eigenvalue weighted by molar-refractivity contribution is 6.32. The van der Waals surface area contributed by atoms with Crippen molar-refractivity contribution in [2.75, 3.05) is 39.3 Å².